The fraction of sp³-hybridized carbons (Fsp3) is 0.529. The number of fused-ring (bicyclic) bond motifs is 1. The Hall–Kier alpha value is -2.28. The highest BCUT2D eigenvalue weighted by molar-refractivity contribution is 5.94. The first-order valence-corrected chi connectivity index (χ1v) is 8.51. The van der Waals surface area contributed by atoms with E-state index < -0.39 is 5.60 Å². The van der Waals surface area contributed by atoms with Crippen LogP contribution in [0.3, 0.4) is 0 Å². The molecule has 0 bridgehead atoms. The number of carbonyl (C=O) groups excluding carboxylic acids is 1. The Morgan fingerprint density at radius 3 is 2.79 bits per heavy atom. The number of carbonyl (C=O) groups is 1. The van der Waals surface area contributed by atoms with Crippen molar-refractivity contribution in [3.05, 3.63) is 36.2 Å². The number of nitrogens with zero attached hydrogens (tertiary/aromatic N) is 5. The lowest BCUT2D eigenvalue weighted by Gasteiger charge is -2.47. The van der Waals surface area contributed by atoms with Crippen molar-refractivity contribution in [1.29, 1.82) is 0 Å². The topological polar surface area (TPSA) is 84.1 Å². The third-order valence-corrected chi connectivity index (χ3v) is 5.44. The maximum Gasteiger partial charge on any atom is 0.253 e. The Kier molecular flexibility index (Phi) is 3.80. The normalized spacial score (nSPS) is 26.9. The van der Waals surface area contributed by atoms with Crippen LogP contribution in [0.15, 0.2) is 30.6 Å². The maximum absolute atomic E-state index is 12.8. The lowest BCUT2D eigenvalue weighted by atomic mass is 9.71. The Bertz CT molecular complexity index is 715. The average Bonchev–Trinajstić information content (AvgIpc) is 3.15. The molecule has 2 fully saturated rings. The van der Waals surface area contributed by atoms with E-state index in [1.807, 2.05) is 17.0 Å². The van der Waals surface area contributed by atoms with Crippen molar-refractivity contribution in [2.45, 2.75) is 37.7 Å². The molecule has 1 aliphatic carbocycles. The van der Waals surface area contributed by atoms with Gasteiger partial charge in [-0.25, -0.2) is 4.68 Å². The zero-order valence-electron chi connectivity index (χ0n) is 13.5. The van der Waals surface area contributed by atoms with Gasteiger partial charge in [-0.2, -0.15) is 0 Å². The van der Waals surface area contributed by atoms with Gasteiger partial charge in [-0.05, 0) is 54.0 Å². The van der Waals surface area contributed by atoms with Crippen LogP contribution in [0.2, 0.25) is 0 Å². The number of hydrogen-bond acceptors (Lipinski definition) is 5. The number of rotatable bonds is 2. The van der Waals surface area contributed by atoms with Crippen LogP contribution in [-0.2, 0) is 0 Å². The first-order valence-electron chi connectivity index (χ1n) is 8.51. The number of amides is 1. The van der Waals surface area contributed by atoms with Gasteiger partial charge in [0.25, 0.3) is 5.91 Å². The Labute approximate surface area is 140 Å². The van der Waals surface area contributed by atoms with E-state index in [1.165, 1.54) is 6.33 Å². The van der Waals surface area contributed by atoms with Gasteiger partial charge in [0.05, 0.1) is 11.3 Å². The molecule has 1 N–H and O–H groups in total. The molecule has 4 rings (SSSR count). The predicted octanol–water partition coefficient (Wildman–Crippen LogP) is 1.43. The molecule has 2 aromatic rings. The molecule has 1 saturated heterocycles. The van der Waals surface area contributed by atoms with Crippen molar-refractivity contribution in [2.24, 2.45) is 5.92 Å². The molecule has 2 unspecified atom stereocenters. The van der Waals surface area contributed by atoms with Crippen LogP contribution in [0.4, 0.5) is 0 Å². The van der Waals surface area contributed by atoms with Crippen molar-refractivity contribution in [3.8, 4) is 5.69 Å². The molecule has 1 aromatic carbocycles. The van der Waals surface area contributed by atoms with Crippen LogP contribution in [0.5, 0.6) is 0 Å². The summed E-state index contributed by atoms with van der Waals surface area (Å²) in [6.07, 6.45) is 6.34. The molecular weight excluding hydrogens is 306 g/mol. The second-order valence-electron chi connectivity index (χ2n) is 6.85. The molecule has 2 atom stereocenters. The molecule has 126 valence electrons. The minimum atomic E-state index is -0.557. The van der Waals surface area contributed by atoms with E-state index >= 15 is 0 Å². The van der Waals surface area contributed by atoms with E-state index in [0.29, 0.717) is 25.1 Å². The summed E-state index contributed by atoms with van der Waals surface area (Å²) in [7, 11) is 0. The summed E-state index contributed by atoms with van der Waals surface area (Å²) in [5, 5.41) is 21.8. The first kappa shape index (κ1) is 15.3. The van der Waals surface area contributed by atoms with Crippen molar-refractivity contribution in [2.75, 3.05) is 13.1 Å². The van der Waals surface area contributed by atoms with Gasteiger partial charge in [0.2, 0.25) is 0 Å². The predicted molar refractivity (Wildman–Crippen MR) is 86.6 cm³/mol. The van der Waals surface area contributed by atoms with Crippen molar-refractivity contribution < 1.29 is 9.90 Å². The molecule has 0 radical (unpaired) electrons. The number of hydrogen-bond donors (Lipinski definition) is 1. The Morgan fingerprint density at radius 1 is 1.21 bits per heavy atom. The molecule has 1 saturated carbocycles. The van der Waals surface area contributed by atoms with Gasteiger partial charge in [0.1, 0.15) is 6.33 Å². The zero-order chi connectivity index (χ0) is 16.6. The summed E-state index contributed by atoms with van der Waals surface area (Å²) < 4.78 is 1.55. The molecule has 7 nitrogen and oxygen atoms in total. The highest BCUT2D eigenvalue weighted by Gasteiger charge is 2.43. The highest BCUT2D eigenvalue weighted by atomic mass is 16.3. The van der Waals surface area contributed by atoms with Gasteiger partial charge >= 0.3 is 0 Å². The van der Waals surface area contributed by atoms with Gasteiger partial charge in [-0.3, -0.25) is 4.79 Å². The van der Waals surface area contributed by atoms with Crippen molar-refractivity contribution in [3.63, 3.8) is 0 Å². The third kappa shape index (κ3) is 2.69. The average molecular weight is 327 g/mol. The van der Waals surface area contributed by atoms with Gasteiger partial charge in [-0.15, -0.1) is 5.10 Å². The lowest BCUT2D eigenvalue weighted by Crippen LogP contribution is -2.54. The molecule has 1 aliphatic heterocycles. The minimum Gasteiger partial charge on any atom is -0.389 e. The van der Waals surface area contributed by atoms with Crippen LogP contribution in [0.1, 0.15) is 42.5 Å². The van der Waals surface area contributed by atoms with Crippen LogP contribution in [0.25, 0.3) is 5.69 Å². The molecule has 24 heavy (non-hydrogen) atoms. The molecule has 7 heteroatoms. The van der Waals surface area contributed by atoms with Crippen molar-refractivity contribution >= 4 is 5.91 Å². The quantitative estimate of drug-likeness (QED) is 0.902. The first-order chi connectivity index (χ1) is 11.7. The fourth-order valence-electron chi connectivity index (χ4n) is 3.97. The lowest BCUT2D eigenvalue weighted by molar-refractivity contribution is -0.0886. The molecule has 1 amide bonds. The fourth-order valence-corrected chi connectivity index (χ4v) is 3.97. The van der Waals surface area contributed by atoms with E-state index in [0.717, 1.165) is 31.4 Å². The summed E-state index contributed by atoms with van der Waals surface area (Å²) in [6, 6.07) is 7.29. The van der Waals surface area contributed by atoms with Crippen LogP contribution in [0, 0.1) is 5.92 Å². The van der Waals surface area contributed by atoms with Gasteiger partial charge in [-0.1, -0.05) is 12.8 Å². The van der Waals surface area contributed by atoms with E-state index in [-0.39, 0.29) is 11.8 Å². The smallest absolute Gasteiger partial charge is 0.253 e. The van der Waals surface area contributed by atoms with Gasteiger partial charge in [0.15, 0.2) is 0 Å². The highest BCUT2D eigenvalue weighted by Crippen LogP contribution is 2.40. The Balaban J connectivity index is 1.48. The second kappa shape index (κ2) is 5.98. The van der Waals surface area contributed by atoms with E-state index in [2.05, 4.69) is 15.5 Å². The number of piperidine rings is 1. The zero-order valence-corrected chi connectivity index (χ0v) is 13.5. The van der Waals surface area contributed by atoms with Crippen LogP contribution >= 0.6 is 0 Å². The molecular formula is C17H21N5O2. The molecule has 1 aromatic heterocycles. The van der Waals surface area contributed by atoms with Crippen LogP contribution in [-0.4, -0.2) is 54.8 Å². The molecule has 2 aliphatic rings. The summed E-state index contributed by atoms with van der Waals surface area (Å²) in [6.45, 7) is 1.28. The molecule has 0 spiro atoms. The van der Waals surface area contributed by atoms with E-state index in [1.54, 1.807) is 16.8 Å². The molecule has 2 heterocycles. The largest absolute Gasteiger partial charge is 0.389 e. The summed E-state index contributed by atoms with van der Waals surface area (Å²) >= 11 is 0. The maximum atomic E-state index is 12.8. The Morgan fingerprint density at radius 2 is 2.04 bits per heavy atom. The number of tetrazole rings is 1. The number of likely N-dealkylation sites (tertiary alicyclic amines) is 1. The number of benzene rings is 1. The van der Waals surface area contributed by atoms with Crippen molar-refractivity contribution in [1.82, 2.24) is 25.1 Å². The number of aromatic nitrogens is 4. The standard InChI is InChI=1S/C17H21N5O2/c23-16(13-4-6-15(7-5-13)22-12-18-19-20-22)21-10-9-17(24)8-2-1-3-14(17)11-21/h4-7,12,14,24H,1-3,8-11H2. The van der Waals surface area contributed by atoms with Crippen LogP contribution < -0.4 is 0 Å². The SMILES string of the molecule is O=C(c1ccc(-n2cnnn2)cc1)N1CCC2(O)CCCCC2C1. The summed E-state index contributed by atoms with van der Waals surface area (Å²) in [5.74, 6) is 0.246. The summed E-state index contributed by atoms with van der Waals surface area (Å²) in [5.41, 5.74) is 0.920. The van der Waals surface area contributed by atoms with Gasteiger partial charge in [0, 0.05) is 24.6 Å². The minimum absolute atomic E-state index is 0.0332. The van der Waals surface area contributed by atoms with E-state index in [4.69, 9.17) is 0 Å². The van der Waals surface area contributed by atoms with Gasteiger partial charge < -0.3 is 10.0 Å². The monoisotopic (exact) mass is 327 g/mol. The summed E-state index contributed by atoms with van der Waals surface area (Å²) in [4.78, 5) is 14.7. The number of aliphatic hydroxyl groups is 1. The van der Waals surface area contributed by atoms with E-state index in [9.17, 15) is 9.90 Å². The third-order valence-electron chi connectivity index (χ3n) is 5.44. The second-order valence-corrected chi connectivity index (χ2v) is 6.85.